The lowest BCUT2D eigenvalue weighted by atomic mass is 9.81. The molecular formula is C28H52O4. The number of unbranched alkanes of at least 4 members (excludes halogenated alkanes) is 7. The predicted molar refractivity (Wildman–Crippen MR) is 133 cm³/mol. The van der Waals surface area contributed by atoms with Gasteiger partial charge in [-0.05, 0) is 56.8 Å². The van der Waals surface area contributed by atoms with Crippen LogP contribution in [0.25, 0.3) is 0 Å². The molecular weight excluding hydrogens is 400 g/mol. The summed E-state index contributed by atoms with van der Waals surface area (Å²) in [6, 6.07) is 0. The molecule has 1 N–H and O–H groups in total. The number of hydrogen-bond donors (Lipinski definition) is 1. The first-order valence-corrected chi connectivity index (χ1v) is 13.7. The molecule has 32 heavy (non-hydrogen) atoms. The zero-order valence-corrected chi connectivity index (χ0v) is 21.6. The van der Waals surface area contributed by atoms with Crippen LogP contribution in [-0.2, 0) is 14.3 Å². The first-order valence-electron chi connectivity index (χ1n) is 13.7. The normalized spacial score (nSPS) is 19.9. The van der Waals surface area contributed by atoms with Gasteiger partial charge in [0.05, 0.1) is 11.8 Å². The summed E-state index contributed by atoms with van der Waals surface area (Å²) in [5.41, 5.74) is 0. The standard InChI is InChI=1S/C28H52O4/c1-22(2)15-11-9-7-5-6-8-10-12-19-26(20-13-16-23(3)4)32-28(31)25-18-14-17-24(21-25)27(29)30/h22-26H,5-21H2,1-4H3,(H,29,30). The van der Waals surface area contributed by atoms with Crippen molar-refractivity contribution in [1.82, 2.24) is 0 Å². The van der Waals surface area contributed by atoms with E-state index in [1.54, 1.807) is 0 Å². The minimum absolute atomic E-state index is 0.00230. The lowest BCUT2D eigenvalue weighted by Gasteiger charge is -2.27. The number of esters is 1. The molecule has 1 aliphatic rings. The molecule has 1 fully saturated rings. The van der Waals surface area contributed by atoms with Crippen LogP contribution in [0.5, 0.6) is 0 Å². The highest BCUT2D eigenvalue weighted by molar-refractivity contribution is 5.75. The third kappa shape index (κ3) is 14.2. The fourth-order valence-corrected chi connectivity index (χ4v) is 4.89. The fraction of sp³-hybridized carbons (Fsp3) is 0.929. The summed E-state index contributed by atoms with van der Waals surface area (Å²) >= 11 is 0. The molecule has 0 aliphatic heterocycles. The van der Waals surface area contributed by atoms with Gasteiger partial charge in [0, 0.05) is 0 Å². The van der Waals surface area contributed by atoms with Crippen LogP contribution >= 0.6 is 0 Å². The molecule has 0 amide bonds. The predicted octanol–water partition coefficient (Wildman–Crippen LogP) is 8.17. The van der Waals surface area contributed by atoms with Crippen LogP contribution in [0.15, 0.2) is 0 Å². The molecule has 4 heteroatoms. The van der Waals surface area contributed by atoms with E-state index in [1.807, 2.05) is 0 Å². The van der Waals surface area contributed by atoms with E-state index in [9.17, 15) is 14.7 Å². The maximum atomic E-state index is 12.8. The molecule has 188 valence electrons. The Bertz CT molecular complexity index is 500. The van der Waals surface area contributed by atoms with Crippen LogP contribution in [0.3, 0.4) is 0 Å². The Kier molecular flexibility index (Phi) is 15.8. The summed E-state index contributed by atoms with van der Waals surface area (Å²) in [5, 5.41) is 9.30. The first-order chi connectivity index (χ1) is 15.3. The quantitative estimate of drug-likeness (QED) is 0.168. The summed E-state index contributed by atoms with van der Waals surface area (Å²) in [6.07, 6.45) is 18.6. The second kappa shape index (κ2) is 17.4. The molecule has 0 bridgehead atoms. The summed E-state index contributed by atoms with van der Waals surface area (Å²) in [7, 11) is 0. The molecule has 4 nitrogen and oxygen atoms in total. The van der Waals surface area contributed by atoms with Crippen LogP contribution < -0.4 is 0 Å². The van der Waals surface area contributed by atoms with E-state index in [4.69, 9.17) is 4.74 Å². The van der Waals surface area contributed by atoms with Crippen molar-refractivity contribution >= 4 is 11.9 Å². The number of hydrogen-bond acceptors (Lipinski definition) is 3. The van der Waals surface area contributed by atoms with Gasteiger partial charge in [0.1, 0.15) is 6.10 Å². The maximum absolute atomic E-state index is 12.8. The molecule has 3 atom stereocenters. The van der Waals surface area contributed by atoms with Crippen molar-refractivity contribution in [2.75, 3.05) is 0 Å². The lowest BCUT2D eigenvalue weighted by Crippen LogP contribution is -2.31. The lowest BCUT2D eigenvalue weighted by molar-refractivity contribution is -0.158. The number of aliphatic carboxylic acids is 1. The van der Waals surface area contributed by atoms with Gasteiger partial charge in [-0.3, -0.25) is 9.59 Å². The number of carboxylic acid groups (broad SMARTS) is 1. The number of carboxylic acids is 1. The van der Waals surface area contributed by atoms with E-state index < -0.39 is 5.97 Å². The van der Waals surface area contributed by atoms with Gasteiger partial charge in [0.2, 0.25) is 0 Å². The Balaban J connectivity index is 2.30. The van der Waals surface area contributed by atoms with Gasteiger partial charge in [0.25, 0.3) is 0 Å². The van der Waals surface area contributed by atoms with E-state index in [0.717, 1.165) is 50.9 Å². The monoisotopic (exact) mass is 452 g/mol. The summed E-state index contributed by atoms with van der Waals surface area (Å²) in [4.78, 5) is 24.1. The topological polar surface area (TPSA) is 63.6 Å². The maximum Gasteiger partial charge on any atom is 0.309 e. The Labute approximate surface area is 198 Å². The molecule has 0 spiro atoms. The largest absolute Gasteiger partial charge is 0.481 e. The first kappa shape index (κ1) is 29.0. The average Bonchev–Trinajstić information content (AvgIpc) is 2.74. The van der Waals surface area contributed by atoms with Crippen molar-refractivity contribution in [3.63, 3.8) is 0 Å². The van der Waals surface area contributed by atoms with Gasteiger partial charge in [0.15, 0.2) is 0 Å². The van der Waals surface area contributed by atoms with Crippen LogP contribution in [0, 0.1) is 23.7 Å². The Hall–Kier alpha value is -1.06. The van der Waals surface area contributed by atoms with E-state index in [0.29, 0.717) is 18.8 Å². The fourth-order valence-electron chi connectivity index (χ4n) is 4.89. The molecule has 0 saturated heterocycles. The van der Waals surface area contributed by atoms with Gasteiger partial charge < -0.3 is 9.84 Å². The highest BCUT2D eigenvalue weighted by atomic mass is 16.5. The van der Waals surface area contributed by atoms with Crippen molar-refractivity contribution in [3.05, 3.63) is 0 Å². The number of carbonyl (C=O) groups excluding carboxylic acids is 1. The van der Waals surface area contributed by atoms with E-state index >= 15 is 0 Å². The Morgan fingerprint density at radius 3 is 1.75 bits per heavy atom. The smallest absolute Gasteiger partial charge is 0.309 e. The zero-order valence-electron chi connectivity index (χ0n) is 21.6. The highest BCUT2D eigenvalue weighted by Crippen LogP contribution is 2.31. The van der Waals surface area contributed by atoms with Crippen LogP contribution in [0.4, 0.5) is 0 Å². The third-order valence-corrected chi connectivity index (χ3v) is 7.00. The van der Waals surface area contributed by atoms with Crippen molar-refractivity contribution in [3.8, 4) is 0 Å². The molecule has 0 aromatic rings. The second-order valence-corrected chi connectivity index (χ2v) is 11.1. The molecule has 1 aliphatic carbocycles. The van der Waals surface area contributed by atoms with Gasteiger partial charge in [-0.15, -0.1) is 0 Å². The van der Waals surface area contributed by atoms with E-state index in [-0.39, 0.29) is 23.9 Å². The molecule has 1 saturated carbocycles. The molecule has 1 rings (SSSR count). The summed E-state index contributed by atoms with van der Waals surface area (Å²) < 4.78 is 5.96. The minimum Gasteiger partial charge on any atom is -0.481 e. The molecule has 0 radical (unpaired) electrons. The van der Waals surface area contributed by atoms with Crippen molar-refractivity contribution < 1.29 is 19.4 Å². The molecule has 0 aromatic heterocycles. The Morgan fingerprint density at radius 1 is 0.719 bits per heavy atom. The Morgan fingerprint density at radius 2 is 1.19 bits per heavy atom. The second-order valence-electron chi connectivity index (χ2n) is 11.1. The number of rotatable bonds is 18. The number of ether oxygens (including phenoxy) is 1. The van der Waals surface area contributed by atoms with Gasteiger partial charge in [-0.25, -0.2) is 0 Å². The SMILES string of the molecule is CC(C)CCCCCCCCCCC(CCCC(C)C)OC(=O)C1CCCC(C(=O)O)C1. The van der Waals surface area contributed by atoms with Crippen molar-refractivity contribution in [1.29, 1.82) is 0 Å². The summed E-state index contributed by atoms with van der Waals surface area (Å²) in [5.74, 6) is -0.0298. The number of carbonyl (C=O) groups is 2. The van der Waals surface area contributed by atoms with Crippen LogP contribution in [0.1, 0.15) is 137 Å². The average molecular weight is 453 g/mol. The van der Waals surface area contributed by atoms with Crippen molar-refractivity contribution in [2.45, 2.75) is 143 Å². The zero-order chi connectivity index (χ0) is 23.8. The van der Waals surface area contributed by atoms with E-state index in [2.05, 4.69) is 27.7 Å². The molecule has 3 unspecified atom stereocenters. The summed E-state index contributed by atoms with van der Waals surface area (Å²) in [6.45, 7) is 9.07. The minimum atomic E-state index is -0.768. The third-order valence-electron chi connectivity index (χ3n) is 7.00. The molecule has 0 aromatic carbocycles. The van der Waals surface area contributed by atoms with Crippen LogP contribution in [0.2, 0.25) is 0 Å². The van der Waals surface area contributed by atoms with Gasteiger partial charge in [-0.1, -0.05) is 91.9 Å². The molecule has 0 heterocycles. The van der Waals surface area contributed by atoms with E-state index in [1.165, 1.54) is 51.4 Å². The van der Waals surface area contributed by atoms with Crippen molar-refractivity contribution in [2.24, 2.45) is 23.7 Å². The van der Waals surface area contributed by atoms with Crippen LogP contribution in [-0.4, -0.2) is 23.1 Å². The van der Waals surface area contributed by atoms with Gasteiger partial charge in [-0.2, -0.15) is 0 Å². The van der Waals surface area contributed by atoms with Gasteiger partial charge >= 0.3 is 11.9 Å². The highest BCUT2D eigenvalue weighted by Gasteiger charge is 2.32.